The molecule has 1 fully saturated rings. The minimum atomic E-state index is -4.35. The third-order valence-electron chi connectivity index (χ3n) is 4.80. The van der Waals surface area contributed by atoms with Gasteiger partial charge in [0.15, 0.2) is 12.6 Å². The molecular formula is C20H30F3IN4O2. The summed E-state index contributed by atoms with van der Waals surface area (Å²) in [6, 6.07) is 6.67. The van der Waals surface area contributed by atoms with Crippen molar-refractivity contribution in [1.29, 1.82) is 0 Å². The molecule has 1 aromatic rings. The Kier molecular flexibility index (Phi) is 11.3. The van der Waals surface area contributed by atoms with E-state index in [2.05, 4.69) is 22.5 Å². The van der Waals surface area contributed by atoms with Crippen LogP contribution < -0.4 is 15.4 Å². The number of nitrogens with one attached hydrogen (secondary N) is 2. The number of likely N-dealkylation sites (tertiary alicyclic amines) is 1. The zero-order chi connectivity index (χ0) is 21.3. The van der Waals surface area contributed by atoms with E-state index in [9.17, 15) is 18.0 Å². The molecule has 1 saturated heterocycles. The third kappa shape index (κ3) is 8.97. The Hall–Kier alpha value is -1.72. The molecule has 0 aromatic heterocycles. The SMILES string of the molecule is CCC(CCNC(=NC)NCc1ccc(OCC(F)(F)F)cc1)N1CCCC1=O.I. The molecule has 1 amide bonds. The summed E-state index contributed by atoms with van der Waals surface area (Å²) in [6.07, 6.45) is -1.01. The van der Waals surface area contributed by atoms with Crippen LogP contribution in [0.1, 0.15) is 38.2 Å². The summed E-state index contributed by atoms with van der Waals surface area (Å²) in [6.45, 7) is 2.79. The summed E-state index contributed by atoms with van der Waals surface area (Å²) < 4.78 is 41.2. The third-order valence-corrected chi connectivity index (χ3v) is 4.80. The second-order valence-electron chi connectivity index (χ2n) is 6.94. The van der Waals surface area contributed by atoms with Gasteiger partial charge < -0.3 is 20.3 Å². The number of aliphatic imine (C=N–C) groups is 1. The fourth-order valence-corrected chi connectivity index (χ4v) is 3.27. The van der Waals surface area contributed by atoms with Crippen molar-refractivity contribution in [1.82, 2.24) is 15.5 Å². The number of nitrogens with zero attached hydrogens (tertiary/aromatic N) is 2. The average molecular weight is 542 g/mol. The van der Waals surface area contributed by atoms with Crippen molar-refractivity contribution in [3.63, 3.8) is 0 Å². The van der Waals surface area contributed by atoms with E-state index in [0.717, 1.165) is 31.4 Å². The largest absolute Gasteiger partial charge is 0.484 e. The molecule has 170 valence electrons. The minimum Gasteiger partial charge on any atom is -0.484 e. The van der Waals surface area contributed by atoms with Gasteiger partial charge >= 0.3 is 6.18 Å². The number of alkyl halides is 3. The summed E-state index contributed by atoms with van der Waals surface area (Å²) in [5.74, 6) is 1.04. The highest BCUT2D eigenvalue weighted by Crippen LogP contribution is 2.19. The molecule has 30 heavy (non-hydrogen) atoms. The number of benzene rings is 1. The fourth-order valence-electron chi connectivity index (χ4n) is 3.27. The van der Waals surface area contributed by atoms with Crippen molar-refractivity contribution < 1.29 is 22.7 Å². The van der Waals surface area contributed by atoms with Gasteiger partial charge in [0.05, 0.1) is 0 Å². The first-order valence-electron chi connectivity index (χ1n) is 9.85. The maximum Gasteiger partial charge on any atom is 0.422 e. The van der Waals surface area contributed by atoms with Crippen LogP contribution in [-0.4, -0.2) is 55.7 Å². The van der Waals surface area contributed by atoms with E-state index in [-0.39, 0.29) is 41.7 Å². The van der Waals surface area contributed by atoms with Gasteiger partial charge in [0, 0.05) is 39.1 Å². The second kappa shape index (κ2) is 12.9. The number of rotatable bonds is 9. The lowest BCUT2D eigenvalue weighted by atomic mass is 10.1. The number of guanidine groups is 1. The number of hydrogen-bond acceptors (Lipinski definition) is 3. The Morgan fingerprint density at radius 1 is 1.27 bits per heavy atom. The van der Waals surface area contributed by atoms with Gasteiger partial charge in [0.25, 0.3) is 0 Å². The standard InChI is InChI=1S/C20H29F3N4O2.HI/c1-3-16(27-12-4-5-18(27)28)10-11-25-19(24-2)26-13-15-6-8-17(9-7-15)29-14-20(21,22)23;/h6-9,16H,3-5,10-14H2,1-2H3,(H2,24,25,26);1H. The summed E-state index contributed by atoms with van der Waals surface area (Å²) in [5.41, 5.74) is 0.890. The Morgan fingerprint density at radius 2 is 1.97 bits per heavy atom. The van der Waals surface area contributed by atoms with Crippen molar-refractivity contribution in [2.75, 3.05) is 26.7 Å². The zero-order valence-electron chi connectivity index (χ0n) is 17.3. The monoisotopic (exact) mass is 542 g/mol. The molecule has 1 aromatic carbocycles. The van der Waals surface area contributed by atoms with Gasteiger partial charge in [-0.25, -0.2) is 0 Å². The van der Waals surface area contributed by atoms with Crippen LogP contribution in [0.15, 0.2) is 29.3 Å². The smallest absolute Gasteiger partial charge is 0.422 e. The molecular weight excluding hydrogens is 512 g/mol. The Bertz CT molecular complexity index is 684. The van der Waals surface area contributed by atoms with E-state index < -0.39 is 12.8 Å². The zero-order valence-corrected chi connectivity index (χ0v) is 19.6. The molecule has 0 radical (unpaired) electrons. The average Bonchev–Trinajstić information content (AvgIpc) is 3.12. The van der Waals surface area contributed by atoms with Gasteiger partial charge in [-0.15, -0.1) is 24.0 Å². The molecule has 2 rings (SSSR count). The number of hydrogen-bond donors (Lipinski definition) is 2. The van der Waals surface area contributed by atoms with Crippen LogP contribution in [0.4, 0.5) is 13.2 Å². The number of halogens is 4. The quantitative estimate of drug-likeness (QED) is 0.284. The lowest BCUT2D eigenvalue weighted by Crippen LogP contribution is -2.41. The summed E-state index contributed by atoms with van der Waals surface area (Å²) >= 11 is 0. The minimum absolute atomic E-state index is 0. The highest BCUT2D eigenvalue weighted by molar-refractivity contribution is 14.0. The first kappa shape index (κ1) is 26.3. The van der Waals surface area contributed by atoms with Crippen LogP contribution in [0, 0.1) is 0 Å². The van der Waals surface area contributed by atoms with E-state index in [1.165, 1.54) is 12.1 Å². The highest BCUT2D eigenvalue weighted by Gasteiger charge is 2.28. The second-order valence-corrected chi connectivity index (χ2v) is 6.94. The molecule has 1 aliphatic rings. The molecule has 1 unspecified atom stereocenters. The molecule has 2 N–H and O–H groups in total. The summed E-state index contributed by atoms with van der Waals surface area (Å²) in [5, 5.41) is 6.41. The summed E-state index contributed by atoms with van der Waals surface area (Å²) in [7, 11) is 1.67. The number of carbonyl (C=O) groups is 1. The molecule has 0 aliphatic carbocycles. The first-order valence-corrected chi connectivity index (χ1v) is 9.85. The molecule has 6 nitrogen and oxygen atoms in total. The van der Waals surface area contributed by atoms with Crippen LogP contribution in [0.3, 0.4) is 0 Å². The van der Waals surface area contributed by atoms with Crippen LogP contribution in [0.5, 0.6) is 5.75 Å². The maximum atomic E-state index is 12.2. The lowest BCUT2D eigenvalue weighted by molar-refractivity contribution is -0.153. The van der Waals surface area contributed by atoms with Crippen LogP contribution in [-0.2, 0) is 11.3 Å². The predicted octanol–water partition coefficient (Wildman–Crippen LogP) is 3.70. The molecule has 1 heterocycles. The van der Waals surface area contributed by atoms with Gasteiger partial charge in [0.2, 0.25) is 5.91 Å². The highest BCUT2D eigenvalue weighted by atomic mass is 127. The van der Waals surface area contributed by atoms with E-state index >= 15 is 0 Å². The van der Waals surface area contributed by atoms with Gasteiger partial charge in [-0.3, -0.25) is 9.79 Å². The molecule has 1 atom stereocenters. The van der Waals surface area contributed by atoms with Gasteiger partial charge in [-0.2, -0.15) is 13.2 Å². The van der Waals surface area contributed by atoms with Crippen molar-refractivity contribution in [2.24, 2.45) is 4.99 Å². The van der Waals surface area contributed by atoms with E-state index in [0.29, 0.717) is 25.5 Å². The van der Waals surface area contributed by atoms with Crippen LogP contribution in [0.2, 0.25) is 0 Å². The van der Waals surface area contributed by atoms with Crippen LogP contribution in [0.25, 0.3) is 0 Å². The number of ether oxygens (including phenoxy) is 1. The van der Waals surface area contributed by atoms with Crippen LogP contribution >= 0.6 is 24.0 Å². The topological polar surface area (TPSA) is 66.0 Å². The van der Waals surface area contributed by atoms with Crippen molar-refractivity contribution in [3.8, 4) is 5.75 Å². The fraction of sp³-hybridized carbons (Fsp3) is 0.600. The molecule has 10 heteroatoms. The Balaban J connectivity index is 0.00000450. The maximum absolute atomic E-state index is 12.2. The van der Waals surface area contributed by atoms with Gasteiger partial charge in [-0.1, -0.05) is 19.1 Å². The van der Waals surface area contributed by atoms with E-state index in [1.807, 2.05) is 4.90 Å². The first-order chi connectivity index (χ1) is 13.8. The molecule has 0 spiro atoms. The molecule has 0 bridgehead atoms. The van der Waals surface area contributed by atoms with Gasteiger partial charge in [0.1, 0.15) is 5.75 Å². The summed E-state index contributed by atoms with van der Waals surface area (Å²) in [4.78, 5) is 18.1. The number of amides is 1. The van der Waals surface area contributed by atoms with Crippen molar-refractivity contribution in [3.05, 3.63) is 29.8 Å². The predicted molar refractivity (Wildman–Crippen MR) is 121 cm³/mol. The van der Waals surface area contributed by atoms with Crippen molar-refractivity contribution >= 4 is 35.8 Å². The molecule has 0 saturated carbocycles. The lowest BCUT2D eigenvalue weighted by Gasteiger charge is -2.27. The van der Waals surface area contributed by atoms with Crippen molar-refractivity contribution in [2.45, 2.75) is 51.4 Å². The number of carbonyl (C=O) groups excluding carboxylic acids is 1. The van der Waals surface area contributed by atoms with Gasteiger partial charge in [-0.05, 0) is 37.0 Å². The molecule has 1 aliphatic heterocycles. The van der Waals surface area contributed by atoms with E-state index in [1.54, 1.807) is 19.2 Å². The normalized spacial score (nSPS) is 15.6. The van der Waals surface area contributed by atoms with E-state index in [4.69, 9.17) is 4.74 Å². The Labute approximate surface area is 192 Å². The Morgan fingerprint density at radius 3 is 2.50 bits per heavy atom.